The quantitative estimate of drug-likeness (QED) is 0.393. The summed E-state index contributed by atoms with van der Waals surface area (Å²) in [4.78, 5) is 26.8. The first kappa shape index (κ1) is 18.0. The van der Waals surface area contributed by atoms with Gasteiger partial charge in [0.05, 0.1) is 24.3 Å². The number of carboxylic acids is 1. The maximum absolute atomic E-state index is 11.4. The molecule has 0 aromatic rings. The summed E-state index contributed by atoms with van der Waals surface area (Å²) >= 11 is 0. The van der Waals surface area contributed by atoms with Crippen molar-refractivity contribution in [2.45, 2.75) is 57.9 Å². The number of hydrogen-bond acceptors (Lipinski definition) is 4. The first-order valence-corrected chi connectivity index (χ1v) is 7.19. The zero-order chi connectivity index (χ0) is 16.9. The highest BCUT2D eigenvalue weighted by molar-refractivity contribution is 5.87. The molecule has 22 heavy (non-hydrogen) atoms. The summed E-state index contributed by atoms with van der Waals surface area (Å²) < 4.78 is 5.84. The highest BCUT2D eigenvalue weighted by Gasteiger charge is 2.37. The van der Waals surface area contributed by atoms with Gasteiger partial charge in [0.2, 0.25) is 5.91 Å². The molecule has 0 spiro atoms. The van der Waals surface area contributed by atoms with E-state index in [1.54, 1.807) is 0 Å². The molecule has 6 N–H and O–H groups in total. The van der Waals surface area contributed by atoms with Crippen LogP contribution in [-0.2, 0) is 14.3 Å². The van der Waals surface area contributed by atoms with E-state index in [1.807, 2.05) is 13.8 Å². The lowest BCUT2D eigenvalue weighted by atomic mass is 9.88. The topological polar surface area (TPSA) is 140 Å². The SMILES string of the molecule is CC[C@@H](C)O[C@@H]1C=C(C(=O)O)C[C@H](N=C(N)N)C1NC(C)=O. The van der Waals surface area contributed by atoms with Crippen molar-refractivity contribution in [2.24, 2.45) is 16.5 Å². The summed E-state index contributed by atoms with van der Waals surface area (Å²) in [5, 5.41) is 12.0. The van der Waals surface area contributed by atoms with Crippen LogP contribution in [0.5, 0.6) is 0 Å². The fraction of sp³-hybridized carbons (Fsp3) is 0.643. The Labute approximate surface area is 129 Å². The highest BCUT2D eigenvalue weighted by Crippen LogP contribution is 2.25. The minimum absolute atomic E-state index is 0.0921. The van der Waals surface area contributed by atoms with Crippen molar-refractivity contribution in [1.82, 2.24) is 5.32 Å². The molecule has 0 aromatic heterocycles. The standard InChI is InChI=1S/C14H24N4O4/c1-4-7(2)22-11-6-9(13(20)21)5-10(18-14(15)16)12(11)17-8(3)19/h6-7,10-12H,4-5H2,1-3H3,(H,17,19)(H,20,21)(H4,15,16,18)/t7-,10+,11-,12?/m1/s1. The second kappa shape index (κ2) is 7.79. The van der Waals surface area contributed by atoms with Crippen LogP contribution in [0.25, 0.3) is 0 Å². The average Bonchev–Trinajstić information content (AvgIpc) is 2.40. The van der Waals surface area contributed by atoms with E-state index in [9.17, 15) is 14.7 Å². The molecule has 0 saturated heterocycles. The zero-order valence-electron chi connectivity index (χ0n) is 13.1. The molecule has 0 aromatic carbocycles. The number of carboxylic acid groups (broad SMARTS) is 1. The van der Waals surface area contributed by atoms with Crippen LogP contribution < -0.4 is 16.8 Å². The van der Waals surface area contributed by atoms with Gasteiger partial charge in [-0.25, -0.2) is 9.79 Å². The second-order valence-electron chi connectivity index (χ2n) is 5.37. The van der Waals surface area contributed by atoms with Gasteiger partial charge in [-0.2, -0.15) is 0 Å². The highest BCUT2D eigenvalue weighted by atomic mass is 16.5. The fourth-order valence-electron chi connectivity index (χ4n) is 2.32. The van der Waals surface area contributed by atoms with E-state index in [1.165, 1.54) is 13.0 Å². The first-order chi connectivity index (χ1) is 10.2. The number of nitrogens with one attached hydrogen (secondary N) is 1. The Kier molecular flexibility index (Phi) is 6.36. The van der Waals surface area contributed by atoms with Crippen LogP contribution in [0.15, 0.2) is 16.6 Å². The number of nitrogens with two attached hydrogens (primary N) is 2. The molecule has 0 fully saturated rings. The van der Waals surface area contributed by atoms with Crippen LogP contribution in [0.2, 0.25) is 0 Å². The molecule has 1 unspecified atom stereocenters. The number of guanidine groups is 1. The number of carbonyl (C=O) groups excluding carboxylic acids is 1. The molecule has 0 bridgehead atoms. The van der Waals surface area contributed by atoms with E-state index in [0.717, 1.165) is 6.42 Å². The molecule has 1 aliphatic rings. The Morgan fingerprint density at radius 3 is 2.64 bits per heavy atom. The average molecular weight is 312 g/mol. The van der Waals surface area contributed by atoms with Gasteiger partial charge in [-0.05, 0) is 19.4 Å². The van der Waals surface area contributed by atoms with Crippen LogP contribution in [0.1, 0.15) is 33.6 Å². The minimum atomic E-state index is -1.05. The maximum atomic E-state index is 11.4. The number of amides is 1. The van der Waals surface area contributed by atoms with Crippen LogP contribution in [0.3, 0.4) is 0 Å². The third-order valence-corrected chi connectivity index (χ3v) is 3.49. The molecule has 8 heteroatoms. The predicted octanol–water partition coefficient (Wildman–Crippen LogP) is -0.268. The summed E-state index contributed by atoms with van der Waals surface area (Å²) in [6.07, 6.45) is 1.70. The van der Waals surface area contributed by atoms with E-state index in [2.05, 4.69) is 10.3 Å². The molecule has 1 amide bonds. The summed E-state index contributed by atoms with van der Waals surface area (Å²) in [6.45, 7) is 5.21. The van der Waals surface area contributed by atoms with Gasteiger partial charge in [0.1, 0.15) is 0 Å². The van der Waals surface area contributed by atoms with Crippen molar-refractivity contribution < 1.29 is 19.4 Å². The Balaban J connectivity index is 3.16. The second-order valence-corrected chi connectivity index (χ2v) is 5.37. The van der Waals surface area contributed by atoms with Gasteiger partial charge in [-0.1, -0.05) is 6.92 Å². The third kappa shape index (κ3) is 5.03. The summed E-state index contributed by atoms with van der Waals surface area (Å²) in [6, 6.07) is -1.10. The Hall–Kier alpha value is -2.09. The molecule has 1 rings (SSSR count). The van der Waals surface area contributed by atoms with E-state index in [4.69, 9.17) is 16.2 Å². The van der Waals surface area contributed by atoms with Crippen molar-refractivity contribution in [1.29, 1.82) is 0 Å². The molecule has 0 saturated carbocycles. The number of aliphatic carboxylic acids is 1. The number of rotatable bonds is 6. The number of ether oxygens (including phenoxy) is 1. The normalized spacial score (nSPS) is 25.8. The molecule has 1 aliphatic carbocycles. The van der Waals surface area contributed by atoms with Crippen molar-refractivity contribution in [3.8, 4) is 0 Å². The summed E-state index contributed by atoms with van der Waals surface area (Å²) in [5.41, 5.74) is 11.0. The van der Waals surface area contributed by atoms with Gasteiger partial charge in [0.25, 0.3) is 0 Å². The van der Waals surface area contributed by atoms with Crippen LogP contribution in [0.4, 0.5) is 0 Å². The third-order valence-electron chi connectivity index (χ3n) is 3.49. The van der Waals surface area contributed by atoms with Gasteiger partial charge < -0.3 is 26.6 Å². The van der Waals surface area contributed by atoms with Gasteiger partial charge >= 0.3 is 5.97 Å². The van der Waals surface area contributed by atoms with Gasteiger partial charge in [-0.3, -0.25) is 4.79 Å². The van der Waals surface area contributed by atoms with Gasteiger partial charge in [0, 0.05) is 18.9 Å². The number of nitrogens with zero attached hydrogens (tertiary/aromatic N) is 1. The van der Waals surface area contributed by atoms with Gasteiger partial charge in [0.15, 0.2) is 5.96 Å². The maximum Gasteiger partial charge on any atom is 0.331 e. The largest absolute Gasteiger partial charge is 0.478 e. The first-order valence-electron chi connectivity index (χ1n) is 7.19. The summed E-state index contributed by atoms with van der Waals surface area (Å²) in [5.74, 6) is -1.46. The van der Waals surface area contributed by atoms with E-state index >= 15 is 0 Å². The molecule has 0 heterocycles. The van der Waals surface area contributed by atoms with Crippen molar-refractivity contribution in [3.63, 3.8) is 0 Å². The molecule has 124 valence electrons. The van der Waals surface area contributed by atoms with Crippen molar-refractivity contribution in [2.75, 3.05) is 0 Å². The molecular formula is C14H24N4O4. The van der Waals surface area contributed by atoms with Crippen molar-refractivity contribution in [3.05, 3.63) is 11.6 Å². The van der Waals surface area contributed by atoms with Crippen LogP contribution in [-0.4, -0.2) is 47.2 Å². The smallest absolute Gasteiger partial charge is 0.331 e. The Morgan fingerprint density at radius 1 is 1.55 bits per heavy atom. The lowest BCUT2D eigenvalue weighted by Gasteiger charge is -2.35. The van der Waals surface area contributed by atoms with Crippen LogP contribution >= 0.6 is 0 Å². The monoisotopic (exact) mass is 312 g/mol. The molecule has 8 nitrogen and oxygen atoms in total. The van der Waals surface area contributed by atoms with E-state index in [-0.39, 0.29) is 30.0 Å². The fourth-order valence-corrected chi connectivity index (χ4v) is 2.32. The Bertz CT molecular complexity index is 485. The molecular weight excluding hydrogens is 288 g/mol. The number of hydrogen-bond donors (Lipinski definition) is 4. The predicted molar refractivity (Wildman–Crippen MR) is 82.2 cm³/mol. The minimum Gasteiger partial charge on any atom is -0.478 e. The lowest BCUT2D eigenvalue weighted by molar-refractivity contribution is -0.133. The molecule has 0 aliphatic heterocycles. The Morgan fingerprint density at radius 2 is 2.18 bits per heavy atom. The molecule has 4 atom stereocenters. The summed E-state index contributed by atoms with van der Waals surface area (Å²) in [7, 11) is 0. The number of aliphatic imine (C=N–C) groups is 1. The number of carbonyl (C=O) groups is 2. The van der Waals surface area contributed by atoms with E-state index in [0.29, 0.717) is 0 Å². The zero-order valence-corrected chi connectivity index (χ0v) is 13.1. The van der Waals surface area contributed by atoms with Crippen LogP contribution in [0, 0.1) is 0 Å². The molecule has 0 radical (unpaired) electrons. The van der Waals surface area contributed by atoms with Gasteiger partial charge in [-0.15, -0.1) is 0 Å². The van der Waals surface area contributed by atoms with Crippen molar-refractivity contribution >= 4 is 17.8 Å². The lowest BCUT2D eigenvalue weighted by Crippen LogP contribution is -2.53. The van der Waals surface area contributed by atoms with E-state index < -0.39 is 24.2 Å².